The molecule has 4 aromatic rings. The van der Waals surface area contributed by atoms with Gasteiger partial charge in [-0.05, 0) is 93.8 Å². The van der Waals surface area contributed by atoms with Gasteiger partial charge in [-0.2, -0.15) is 0 Å². The molecule has 76 heavy (non-hydrogen) atoms. The van der Waals surface area contributed by atoms with Gasteiger partial charge in [0.25, 0.3) is 0 Å². The molecule has 0 saturated heterocycles. The Kier molecular flexibility index (Phi) is 24.5. The van der Waals surface area contributed by atoms with Crippen LogP contribution in [0.5, 0.6) is 5.75 Å². The molecule has 4 aromatic carbocycles. The van der Waals surface area contributed by atoms with Gasteiger partial charge in [0, 0.05) is 34.9 Å². The van der Waals surface area contributed by atoms with Gasteiger partial charge in [0.15, 0.2) is 0 Å². The minimum Gasteiger partial charge on any atom is -0.489 e. The number of alkyl carbamates (subject to hydrolysis) is 1. The SMILES string of the molecule is CC(C)C[C@H](NC(=O)[C@@H](NC(=O)[C@H](CCC(N)=O)NC(=O)[C@H](Cc1ccc(OCc2c(Cl)cccc2Cl)cc1)NC(=O)OC(C)(C)C)[C@@H](C)OCc1ccccc1)C(=O)N[C@@H](CCC(=O)OCc1ccccc1)C(=O)O. The summed E-state index contributed by atoms with van der Waals surface area (Å²) in [5.74, 6) is -6.35. The quantitative estimate of drug-likeness (QED) is 0.0288. The topological polar surface area (TPSA) is 280 Å². The normalized spacial score (nSPS) is 13.6. The molecule has 0 unspecified atom stereocenters. The standard InChI is InChI=1S/C55H68Cl2N6O13/c1-33(2)28-44(50(67)60-43(53(70)71)25-27-47(65)75-31-37-16-11-8-12-17-37)61-52(69)48(34(3)73-30-36-14-9-7-10-15-36)63-49(66)42(24-26-46(58)64)59-51(68)45(62-54(72)76-55(4,5)6)29-35-20-22-38(23-21-35)74-32-39-40(56)18-13-19-41(39)57/h7-23,33-34,42-45,48H,24-32H2,1-6H3,(H2,58,64)(H,59,68)(H,60,67)(H,61,69)(H,62,72)(H,63,66)(H,70,71)/t34-,42+,43+,44+,45+,48+/m1/s1. The Morgan fingerprint density at radius 2 is 1.13 bits per heavy atom. The number of carbonyl (C=O) groups is 8. The van der Waals surface area contributed by atoms with E-state index in [1.165, 1.54) is 6.92 Å². The smallest absolute Gasteiger partial charge is 0.408 e. The maximum absolute atomic E-state index is 14.5. The Bertz CT molecular complexity index is 2560. The van der Waals surface area contributed by atoms with E-state index in [1.54, 1.807) is 138 Å². The number of carboxylic acid groups (broad SMARTS) is 1. The monoisotopic (exact) mass is 1090 g/mol. The number of nitrogens with two attached hydrogens (primary N) is 1. The van der Waals surface area contributed by atoms with E-state index in [-0.39, 0.29) is 57.8 Å². The largest absolute Gasteiger partial charge is 0.489 e. The van der Waals surface area contributed by atoms with Gasteiger partial charge in [-0.3, -0.25) is 28.8 Å². The zero-order valence-corrected chi connectivity index (χ0v) is 44.9. The lowest BCUT2D eigenvalue weighted by atomic mass is 10.0. The average molecular weight is 1090 g/mol. The number of hydrogen-bond donors (Lipinski definition) is 7. The van der Waals surface area contributed by atoms with E-state index in [4.69, 9.17) is 47.9 Å². The van der Waals surface area contributed by atoms with Crippen LogP contribution in [-0.4, -0.2) is 94.6 Å². The molecule has 8 N–H and O–H groups in total. The fourth-order valence-corrected chi connectivity index (χ4v) is 7.89. The molecule has 6 atom stereocenters. The van der Waals surface area contributed by atoms with Crippen molar-refractivity contribution in [2.45, 2.75) is 142 Å². The van der Waals surface area contributed by atoms with E-state index in [2.05, 4.69) is 26.6 Å². The zero-order valence-electron chi connectivity index (χ0n) is 43.4. The molecule has 0 aliphatic carbocycles. The highest BCUT2D eigenvalue weighted by atomic mass is 35.5. The summed E-state index contributed by atoms with van der Waals surface area (Å²) < 4.78 is 22.7. The van der Waals surface area contributed by atoms with Gasteiger partial charge in [-0.1, -0.05) is 116 Å². The summed E-state index contributed by atoms with van der Waals surface area (Å²) >= 11 is 12.6. The van der Waals surface area contributed by atoms with E-state index >= 15 is 0 Å². The van der Waals surface area contributed by atoms with E-state index < -0.39 is 95.9 Å². The van der Waals surface area contributed by atoms with Crippen molar-refractivity contribution in [3.8, 4) is 5.75 Å². The highest BCUT2D eigenvalue weighted by molar-refractivity contribution is 6.36. The molecule has 0 heterocycles. The molecule has 0 spiro atoms. The third kappa shape index (κ3) is 21.9. The van der Waals surface area contributed by atoms with Crippen LogP contribution in [0.15, 0.2) is 103 Å². The van der Waals surface area contributed by atoms with E-state index in [1.807, 2.05) is 0 Å². The van der Waals surface area contributed by atoms with Crippen LogP contribution in [-0.2, 0) is 74.0 Å². The highest BCUT2D eigenvalue weighted by Crippen LogP contribution is 2.26. The first-order valence-electron chi connectivity index (χ1n) is 24.7. The van der Waals surface area contributed by atoms with Gasteiger partial charge >= 0.3 is 18.0 Å². The summed E-state index contributed by atoms with van der Waals surface area (Å²) in [6.07, 6.45) is -3.59. The Hall–Kier alpha value is -7.22. The molecule has 0 bridgehead atoms. The molecule has 21 heteroatoms. The maximum Gasteiger partial charge on any atom is 0.408 e. The minimum absolute atomic E-state index is 0.0134. The van der Waals surface area contributed by atoms with Crippen molar-refractivity contribution >= 4 is 70.8 Å². The van der Waals surface area contributed by atoms with Crippen LogP contribution in [0.2, 0.25) is 10.0 Å². The lowest BCUT2D eigenvalue weighted by molar-refractivity contribution is -0.147. The van der Waals surface area contributed by atoms with Crippen molar-refractivity contribution in [2.75, 3.05) is 0 Å². The summed E-state index contributed by atoms with van der Waals surface area (Å²) in [4.78, 5) is 107. The fourth-order valence-electron chi connectivity index (χ4n) is 7.38. The van der Waals surface area contributed by atoms with Crippen LogP contribution >= 0.6 is 23.2 Å². The van der Waals surface area contributed by atoms with Gasteiger partial charge in [0.2, 0.25) is 29.5 Å². The number of esters is 1. The van der Waals surface area contributed by atoms with Crippen LogP contribution in [0.1, 0.15) is 95.9 Å². The molecule has 0 saturated carbocycles. The van der Waals surface area contributed by atoms with Crippen LogP contribution in [0, 0.1) is 5.92 Å². The number of aliphatic carboxylic acids is 1. The first-order valence-corrected chi connectivity index (χ1v) is 25.4. The first kappa shape index (κ1) is 61.3. The third-order valence-corrected chi connectivity index (χ3v) is 12.1. The molecule has 0 fully saturated rings. The van der Waals surface area contributed by atoms with Crippen molar-refractivity contribution in [3.05, 3.63) is 135 Å². The second-order valence-corrected chi connectivity index (χ2v) is 20.2. The summed E-state index contributed by atoms with van der Waals surface area (Å²) in [5.41, 5.74) is 7.14. The molecule has 410 valence electrons. The van der Waals surface area contributed by atoms with Crippen molar-refractivity contribution in [1.29, 1.82) is 0 Å². The summed E-state index contributed by atoms with van der Waals surface area (Å²) in [6, 6.07) is 22.1. The van der Waals surface area contributed by atoms with Gasteiger partial charge in [-0.15, -0.1) is 0 Å². The number of carboxylic acids is 1. The molecule has 0 aromatic heterocycles. The maximum atomic E-state index is 14.5. The number of hydrogen-bond acceptors (Lipinski definition) is 12. The number of halogens is 2. The lowest BCUT2D eigenvalue weighted by Gasteiger charge is -2.30. The van der Waals surface area contributed by atoms with Gasteiger partial charge in [0.1, 0.15) is 54.8 Å². The second kappa shape index (κ2) is 30.4. The molecule has 6 amide bonds. The molecule has 4 rings (SSSR count). The van der Waals surface area contributed by atoms with Crippen LogP contribution in [0.4, 0.5) is 4.79 Å². The molecule has 0 aliphatic rings. The molecule has 19 nitrogen and oxygen atoms in total. The first-order chi connectivity index (χ1) is 36.0. The van der Waals surface area contributed by atoms with E-state index in [0.29, 0.717) is 26.9 Å². The number of ether oxygens (including phenoxy) is 4. The van der Waals surface area contributed by atoms with Crippen molar-refractivity contribution in [3.63, 3.8) is 0 Å². The van der Waals surface area contributed by atoms with Crippen LogP contribution in [0.25, 0.3) is 0 Å². The number of amides is 6. The number of primary amides is 1. The Morgan fingerprint density at radius 3 is 1.70 bits per heavy atom. The Balaban J connectivity index is 1.57. The second-order valence-electron chi connectivity index (χ2n) is 19.4. The highest BCUT2D eigenvalue weighted by Gasteiger charge is 2.36. The molecular weight excluding hydrogens is 1020 g/mol. The number of carbonyl (C=O) groups excluding carboxylic acids is 7. The predicted octanol–water partition coefficient (Wildman–Crippen LogP) is 6.47. The van der Waals surface area contributed by atoms with Crippen LogP contribution in [0.3, 0.4) is 0 Å². The minimum atomic E-state index is -1.58. The number of nitrogens with one attached hydrogen (secondary N) is 5. The van der Waals surface area contributed by atoms with Crippen molar-refractivity contribution in [2.24, 2.45) is 11.7 Å². The summed E-state index contributed by atoms with van der Waals surface area (Å²) in [6.45, 7) is 9.97. The van der Waals surface area contributed by atoms with Gasteiger partial charge < -0.3 is 56.4 Å². The molecule has 0 radical (unpaired) electrons. The van der Waals surface area contributed by atoms with E-state index in [9.17, 15) is 43.5 Å². The lowest BCUT2D eigenvalue weighted by Crippen LogP contribution is -2.61. The molecule has 0 aliphatic heterocycles. The van der Waals surface area contributed by atoms with Gasteiger partial charge in [0.05, 0.1) is 12.7 Å². The van der Waals surface area contributed by atoms with E-state index in [0.717, 1.165) is 11.1 Å². The van der Waals surface area contributed by atoms with Crippen molar-refractivity contribution in [1.82, 2.24) is 26.6 Å². The number of rotatable bonds is 29. The summed E-state index contributed by atoms with van der Waals surface area (Å²) in [5, 5.41) is 23.8. The van der Waals surface area contributed by atoms with Crippen molar-refractivity contribution < 1.29 is 62.4 Å². The Morgan fingerprint density at radius 1 is 0.592 bits per heavy atom. The number of benzene rings is 4. The third-order valence-electron chi connectivity index (χ3n) is 11.4. The zero-order chi connectivity index (χ0) is 56.0. The fraction of sp³-hybridized carbons (Fsp3) is 0.418. The van der Waals surface area contributed by atoms with Gasteiger partial charge in [-0.25, -0.2) is 9.59 Å². The Labute approximate surface area is 452 Å². The van der Waals surface area contributed by atoms with Crippen LogP contribution < -0.4 is 37.1 Å². The average Bonchev–Trinajstić information content (AvgIpc) is 3.36. The molecular formula is C55H68Cl2N6O13. The predicted molar refractivity (Wildman–Crippen MR) is 284 cm³/mol. The summed E-state index contributed by atoms with van der Waals surface area (Å²) in [7, 11) is 0.